The van der Waals surface area contributed by atoms with E-state index in [2.05, 4.69) is 56.8 Å². The first-order chi connectivity index (χ1) is 10.4. The van der Waals surface area contributed by atoms with Crippen molar-refractivity contribution in [1.29, 1.82) is 0 Å². The maximum atomic E-state index is 5.80. The average Bonchev–Trinajstić information content (AvgIpc) is 2.45. The van der Waals surface area contributed by atoms with Crippen molar-refractivity contribution in [3.05, 3.63) is 71.0 Å². The quantitative estimate of drug-likeness (QED) is 0.595. The van der Waals surface area contributed by atoms with Crippen LogP contribution in [0.1, 0.15) is 64.0 Å². The van der Waals surface area contributed by atoms with Crippen LogP contribution in [-0.2, 0) is 6.42 Å². The molecule has 0 heterocycles. The van der Waals surface area contributed by atoms with E-state index in [1.54, 1.807) is 0 Å². The summed E-state index contributed by atoms with van der Waals surface area (Å²) >= 11 is 0. The number of allylic oxidation sites excluding steroid dienone is 5. The summed E-state index contributed by atoms with van der Waals surface area (Å²) in [4.78, 5) is 0. The molecule has 0 aliphatic heterocycles. The molecule has 0 spiro atoms. The maximum absolute atomic E-state index is 5.80. The van der Waals surface area contributed by atoms with Gasteiger partial charge in [0.25, 0.3) is 0 Å². The third-order valence-electron chi connectivity index (χ3n) is 3.94. The third kappa shape index (κ3) is 6.80. The van der Waals surface area contributed by atoms with Gasteiger partial charge in [0.05, 0.1) is 0 Å². The van der Waals surface area contributed by atoms with Gasteiger partial charge in [0.15, 0.2) is 0 Å². The molecule has 120 valence electrons. The Labute approximate surface area is 136 Å². The van der Waals surface area contributed by atoms with Crippen LogP contribution in [0.2, 0.25) is 0 Å². The Morgan fingerprint density at radius 3 is 2.32 bits per heavy atom. The maximum Gasteiger partial charge on any atom is 0.00516 e. The van der Waals surface area contributed by atoms with E-state index in [9.17, 15) is 0 Å². The Kier molecular flexibility index (Phi) is 7.73. The van der Waals surface area contributed by atoms with E-state index in [-0.39, 0.29) is 0 Å². The van der Waals surface area contributed by atoms with Crippen molar-refractivity contribution in [2.75, 3.05) is 0 Å². The van der Waals surface area contributed by atoms with E-state index in [4.69, 9.17) is 5.73 Å². The highest BCUT2D eigenvalue weighted by Gasteiger charge is 2.03. The zero-order chi connectivity index (χ0) is 16.5. The molecular weight excluding hydrogens is 266 g/mol. The monoisotopic (exact) mass is 297 g/mol. The lowest BCUT2D eigenvalue weighted by atomic mass is 9.96. The van der Waals surface area contributed by atoms with Gasteiger partial charge < -0.3 is 5.73 Å². The van der Waals surface area contributed by atoms with Crippen molar-refractivity contribution in [3.8, 4) is 0 Å². The van der Waals surface area contributed by atoms with Gasteiger partial charge in [0.2, 0.25) is 0 Å². The number of benzene rings is 1. The zero-order valence-corrected chi connectivity index (χ0v) is 14.7. The van der Waals surface area contributed by atoms with Gasteiger partial charge in [-0.15, -0.1) is 0 Å². The van der Waals surface area contributed by atoms with Crippen molar-refractivity contribution in [2.45, 2.75) is 59.3 Å². The van der Waals surface area contributed by atoms with Crippen molar-refractivity contribution in [2.24, 2.45) is 5.73 Å². The van der Waals surface area contributed by atoms with E-state index in [1.165, 1.54) is 23.1 Å². The topological polar surface area (TPSA) is 26.0 Å². The lowest BCUT2D eigenvalue weighted by Crippen LogP contribution is -1.94. The number of hydrogen-bond donors (Lipinski definition) is 1. The largest absolute Gasteiger partial charge is 0.402 e. The van der Waals surface area contributed by atoms with Crippen LogP contribution < -0.4 is 5.73 Å². The highest BCUT2D eigenvalue weighted by molar-refractivity contribution is 5.29. The van der Waals surface area contributed by atoms with E-state index in [0.717, 1.165) is 30.5 Å². The predicted octanol–water partition coefficient (Wildman–Crippen LogP) is 5.89. The molecule has 0 saturated heterocycles. The first kappa shape index (κ1) is 18.3. The van der Waals surface area contributed by atoms with Gasteiger partial charge in [-0.05, 0) is 68.2 Å². The second kappa shape index (κ2) is 9.30. The molecule has 2 N–H and O–H groups in total. The molecule has 0 bridgehead atoms. The fourth-order valence-electron chi connectivity index (χ4n) is 2.54. The molecule has 0 radical (unpaired) electrons. The minimum absolute atomic E-state index is 0.650. The molecule has 1 aromatic rings. The molecule has 0 saturated carbocycles. The Balaban J connectivity index is 2.58. The molecule has 1 aromatic carbocycles. The molecule has 1 rings (SSSR count). The lowest BCUT2D eigenvalue weighted by Gasteiger charge is -2.10. The van der Waals surface area contributed by atoms with E-state index in [0.29, 0.717) is 5.92 Å². The first-order valence-electron chi connectivity index (χ1n) is 8.31. The van der Waals surface area contributed by atoms with E-state index >= 15 is 0 Å². The Hall–Kier alpha value is -1.76. The second-order valence-electron chi connectivity index (χ2n) is 6.36. The molecule has 0 fully saturated rings. The Morgan fingerprint density at radius 2 is 1.82 bits per heavy atom. The fourth-order valence-corrected chi connectivity index (χ4v) is 2.54. The zero-order valence-electron chi connectivity index (χ0n) is 14.7. The number of rotatable bonds is 8. The Morgan fingerprint density at radius 1 is 1.18 bits per heavy atom. The highest BCUT2D eigenvalue weighted by atomic mass is 14.5. The molecule has 1 atom stereocenters. The molecule has 0 aromatic heterocycles. The Bertz CT molecular complexity index is 528. The minimum atomic E-state index is 0.650. The van der Waals surface area contributed by atoms with Gasteiger partial charge in [-0.2, -0.15) is 0 Å². The molecule has 0 aliphatic carbocycles. The van der Waals surface area contributed by atoms with E-state index in [1.807, 2.05) is 13.8 Å². The van der Waals surface area contributed by atoms with Crippen molar-refractivity contribution < 1.29 is 0 Å². The lowest BCUT2D eigenvalue weighted by molar-refractivity contribution is 0.732. The molecule has 1 heteroatoms. The normalized spacial score (nSPS) is 14.0. The van der Waals surface area contributed by atoms with Crippen LogP contribution in [0.5, 0.6) is 0 Å². The van der Waals surface area contributed by atoms with Gasteiger partial charge in [0, 0.05) is 5.70 Å². The highest BCUT2D eigenvalue weighted by Crippen LogP contribution is 2.20. The van der Waals surface area contributed by atoms with Crippen LogP contribution in [0.25, 0.3) is 0 Å². The molecule has 1 unspecified atom stereocenters. The van der Waals surface area contributed by atoms with Crippen LogP contribution in [0.4, 0.5) is 0 Å². The minimum Gasteiger partial charge on any atom is -0.402 e. The van der Waals surface area contributed by atoms with Crippen LogP contribution in [0.3, 0.4) is 0 Å². The van der Waals surface area contributed by atoms with Crippen molar-refractivity contribution in [1.82, 2.24) is 0 Å². The van der Waals surface area contributed by atoms with Gasteiger partial charge in [-0.25, -0.2) is 0 Å². The second-order valence-corrected chi connectivity index (χ2v) is 6.36. The van der Waals surface area contributed by atoms with Crippen LogP contribution in [-0.4, -0.2) is 0 Å². The fraction of sp³-hybridized carbons (Fsp3) is 0.429. The van der Waals surface area contributed by atoms with Gasteiger partial charge in [-0.3, -0.25) is 0 Å². The summed E-state index contributed by atoms with van der Waals surface area (Å²) in [6.07, 6.45) is 8.65. The molecule has 22 heavy (non-hydrogen) atoms. The number of aryl methyl sites for hydroxylation is 1. The summed E-state index contributed by atoms with van der Waals surface area (Å²) in [6.45, 7) is 12.4. The molecule has 0 aliphatic rings. The van der Waals surface area contributed by atoms with Gasteiger partial charge in [-0.1, -0.05) is 56.3 Å². The SMILES string of the molecule is C=C(C)/C=C(\C=C(\C)N)CCCc1ccc(C(C)CC)cc1. The van der Waals surface area contributed by atoms with Crippen molar-refractivity contribution >= 4 is 0 Å². The van der Waals surface area contributed by atoms with E-state index < -0.39 is 0 Å². The average molecular weight is 297 g/mol. The van der Waals surface area contributed by atoms with Crippen molar-refractivity contribution in [3.63, 3.8) is 0 Å². The number of hydrogen-bond acceptors (Lipinski definition) is 1. The van der Waals surface area contributed by atoms with Crippen LogP contribution in [0.15, 0.2) is 59.8 Å². The summed E-state index contributed by atoms with van der Waals surface area (Å²) < 4.78 is 0. The smallest absolute Gasteiger partial charge is 0.00516 e. The number of nitrogens with two attached hydrogens (primary N) is 1. The van der Waals surface area contributed by atoms with Gasteiger partial charge in [0.1, 0.15) is 0 Å². The third-order valence-corrected chi connectivity index (χ3v) is 3.94. The van der Waals surface area contributed by atoms with Crippen LogP contribution in [0, 0.1) is 0 Å². The molecule has 0 amide bonds. The summed E-state index contributed by atoms with van der Waals surface area (Å²) in [7, 11) is 0. The van der Waals surface area contributed by atoms with Crippen LogP contribution >= 0.6 is 0 Å². The predicted molar refractivity (Wildman–Crippen MR) is 98.9 cm³/mol. The summed E-state index contributed by atoms with van der Waals surface area (Å²) in [5.41, 5.74) is 11.8. The first-order valence-corrected chi connectivity index (χ1v) is 8.31. The molecular formula is C21H31N. The summed E-state index contributed by atoms with van der Waals surface area (Å²) in [5, 5.41) is 0. The molecule has 1 nitrogen and oxygen atoms in total. The standard InChI is InChI=1S/C21H31N/c1-6-17(4)21-12-10-19(11-13-21)8-7-9-20(14-16(2)3)15-18(5)22/h10-15,17H,2,6-9,22H2,1,3-5H3/b18-15-,20-14-. The summed E-state index contributed by atoms with van der Waals surface area (Å²) in [5.74, 6) is 0.650. The van der Waals surface area contributed by atoms with Gasteiger partial charge >= 0.3 is 0 Å². The summed E-state index contributed by atoms with van der Waals surface area (Å²) in [6, 6.07) is 9.09.